The number of β-amino-alcohol motifs (C(OH)–C–C–N with tert-alkyl or cyclic N) is 1. The maximum atomic E-state index is 13.0. The number of hydrogen-bond acceptors (Lipinski definition) is 2. The molecule has 14 heavy (non-hydrogen) atoms. The first-order chi connectivity index (χ1) is 6.63. The van der Waals surface area contributed by atoms with Crippen LogP contribution in [0.15, 0.2) is 22.7 Å². The lowest BCUT2D eigenvalue weighted by Crippen LogP contribution is -2.49. The lowest BCUT2D eigenvalue weighted by molar-refractivity contribution is -0.00290. The van der Waals surface area contributed by atoms with Crippen molar-refractivity contribution in [3.05, 3.63) is 34.1 Å². The third-order valence-corrected chi connectivity index (χ3v) is 2.72. The van der Waals surface area contributed by atoms with E-state index in [1.54, 1.807) is 0 Å². The molecule has 1 N–H and O–H groups in total. The molecule has 1 aromatic rings. The van der Waals surface area contributed by atoms with Crippen LogP contribution in [0.2, 0.25) is 0 Å². The molecule has 0 amide bonds. The molecule has 0 unspecified atom stereocenters. The lowest BCUT2D eigenvalue weighted by Gasteiger charge is -2.35. The minimum Gasteiger partial charge on any atom is -0.390 e. The summed E-state index contributed by atoms with van der Waals surface area (Å²) >= 11 is 3.25. The average Bonchev–Trinajstić information content (AvgIpc) is 1.99. The molecule has 0 radical (unpaired) electrons. The smallest absolute Gasteiger partial charge is 0.124 e. The molecule has 1 aliphatic rings. The Balaban J connectivity index is 2.02. The predicted octanol–water partition coefficient (Wildman–Crippen LogP) is 1.76. The number of likely N-dealkylation sites (tertiary alicyclic amines) is 1. The molecule has 0 aromatic heterocycles. The number of benzene rings is 1. The van der Waals surface area contributed by atoms with Gasteiger partial charge in [0.2, 0.25) is 0 Å². The molecule has 1 aromatic carbocycles. The Kier molecular flexibility index (Phi) is 2.85. The SMILES string of the molecule is OC1CN(Cc2cc(F)cc(Br)c2)C1. The molecule has 0 spiro atoms. The van der Waals surface area contributed by atoms with Crippen LogP contribution >= 0.6 is 15.9 Å². The Hall–Kier alpha value is -0.450. The van der Waals surface area contributed by atoms with E-state index in [4.69, 9.17) is 5.11 Å². The van der Waals surface area contributed by atoms with Crippen LogP contribution in [0.1, 0.15) is 5.56 Å². The molecule has 2 nitrogen and oxygen atoms in total. The molecule has 1 aliphatic heterocycles. The topological polar surface area (TPSA) is 23.5 Å². The summed E-state index contributed by atoms with van der Waals surface area (Å²) in [5.74, 6) is -0.226. The van der Waals surface area contributed by atoms with Crippen LogP contribution in [0.5, 0.6) is 0 Å². The van der Waals surface area contributed by atoms with E-state index in [2.05, 4.69) is 20.8 Å². The summed E-state index contributed by atoms with van der Waals surface area (Å²) in [5, 5.41) is 9.08. The van der Waals surface area contributed by atoms with Crippen molar-refractivity contribution in [3.63, 3.8) is 0 Å². The van der Waals surface area contributed by atoms with Crippen LogP contribution in [0, 0.1) is 5.82 Å². The standard InChI is InChI=1S/C10H11BrFNO/c11-8-1-7(2-9(12)3-8)4-13-5-10(14)6-13/h1-3,10,14H,4-6H2. The zero-order chi connectivity index (χ0) is 10.1. The first-order valence-electron chi connectivity index (χ1n) is 4.49. The van der Waals surface area contributed by atoms with Crippen molar-refractivity contribution in [2.75, 3.05) is 13.1 Å². The normalized spacial score (nSPS) is 18.2. The molecular weight excluding hydrogens is 249 g/mol. The average molecular weight is 260 g/mol. The number of hydrogen-bond donors (Lipinski definition) is 1. The maximum absolute atomic E-state index is 13.0. The quantitative estimate of drug-likeness (QED) is 0.875. The van der Waals surface area contributed by atoms with E-state index in [0.717, 1.165) is 10.0 Å². The highest BCUT2D eigenvalue weighted by atomic mass is 79.9. The highest BCUT2D eigenvalue weighted by Gasteiger charge is 2.23. The van der Waals surface area contributed by atoms with E-state index in [0.29, 0.717) is 19.6 Å². The molecule has 1 saturated heterocycles. The summed E-state index contributed by atoms with van der Waals surface area (Å²) in [7, 11) is 0. The predicted molar refractivity (Wildman–Crippen MR) is 55.4 cm³/mol. The van der Waals surface area contributed by atoms with Gasteiger partial charge in [0.15, 0.2) is 0 Å². The number of aliphatic hydroxyl groups is 1. The van der Waals surface area contributed by atoms with Crippen LogP contribution in [-0.2, 0) is 6.54 Å². The van der Waals surface area contributed by atoms with Crippen molar-refractivity contribution >= 4 is 15.9 Å². The zero-order valence-electron chi connectivity index (χ0n) is 7.58. The van der Waals surface area contributed by atoms with Gasteiger partial charge in [0.05, 0.1) is 6.10 Å². The second-order valence-corrected chi connectivity index (χ2v) is 4.54. The van der Waals surface area contributed by atoms with Gasteiger partial charge in [-0.05, 0) is 23.8 Å². The van der Waals surface area contributed by atoms with Gasteiger partial charge >= 0.3 is 0 Å². The third kappa shape index (κ3) is 2.32. The second-order valence-electron chi connectivity index (χ2n) is 3.63. The third-order valence-electron chi connectivity index (χ3n) is 2.27. The van der Waals surface area contributed by atoms with Gasteiger partial charge in [0.1, 0.15) is 5.82 Å². The largest absolute Gasteiger partial charge is 0.390 e. The van der Waals surface area contributed by atoms with E-state index in [9.17, 15) is 4.39 Å². The number of rotatable bonds is 2. The van der Waals surface area contributed by atoms with E-state index in [1.807, 2.05) is 6.07 Å². The van der Waals surface area contributed by atoms with Gasteiger partial charge in [0, 0.05) is 24.1 Å². The van der Waals surface area contributed by atoms with Crippen molar-refractivity contribution < 1.29 is 9.50 Å². The molecule has 1 heterocycles. The van der Waals surface area contributed by atoms with Crippen LogP contribution in [0.3, 0.4) is 0 Å². The highest BCUT2D eigenvalue weighted by molar-refractivity contribution is 9.10. The van der Waals surface area contributed by atoms with Gasteiger partial charge in [-0.1, -0.05) is 15.9 Å². The second kappa shape index (κ2) is 3.96. The van der Waals surface area contributed by atoms with Gasteiger partial charge in [-0.25, -0.2) is 4.39 Å². The maximum Gasteiger partial charge on any atom is 0.124 e. The molecule has 76 valence electrons. The molecule has 0 bridgehead atoms. The van der Waals surface area contributed by atoms with Gasteiger partial charge in [-0.15, -0.1) is 0 Å². The fraction of sp³-hybridized carbons (Fsp3) is 0.400. The molecule has 0 aliphatic carbocycles. The van der Waals surface area contributed by atoms with Crippen molar-refractivity contribution in [1.29, 1.82) is 0 Å². The molecule has 2 rings (SSSR count). The van der Waals surface area contributed by atoms with Crippen molar-refractivity contribution in [2.45, 2.75) is 12.6 Å². The molecular formula is C10H11BrFNO. The van der Waals surface area contributed by atoms with Crippen LogP contribution in [-0.4, -0.2) is 29.2 Å². The Labute approximate surface area is 90.5 Å². The Morgan fingerprint density at radius 1 is 1.43 bits per heavy atom. The van der Waals surface area contributed by atoms with E-state index < -0.39 is 0 Å². The van der Waals surface area contributed by atoms with Gasteiger partial charge in [0.25, 0.3) is 0 Å². The molecule has 4 heteroatoms. The zero-order valence-corrected chi connectivity index (χ0v) is 9.17. The fourth-order valence-electron chi connectivity index (χ4n) is 1.63. The Morgan fingerprint density at radius 3 is 2.71 bits per heavy atom. The van der Waals surface area contributed by atoms with Crippen LogP contribution in [0.4, 0.5) is 4.39 Å². The Morgan fingerprint density at radius 2 is 2.14 bits per heavy atom. The van der Waals surface area contributed by atoms with Crippen molar-refractivity contribution in [2.24, 2.45) is 0 Å². The van der Waals surface area contributed by atoms with Gasteiger partial charge < -0.3 is 5.11 Å². The van der Waals surface area contributed by atoms with Crippen molar-refractivity contribution in [1.82, 2.24) is 4.90 Å². The van der Waals surface area contributed by atoms with Crippen LogP contribution in [0.25, 0.3) is 0 Å². The summed E-state index contributed by atoms with van der Waals surface area (Å²) in [6.07, 6.45) is -0.202. The van der Waals surface area contributed by atoms with Crippen LogP contribution < -0.4 is 0 Å². The number of halogens is 2. The van der Waals surface area contributed by atoms with E-state index in [1.165, 1.54) is 12.1 Å². The highest BCUT2D eigenvalue weighted by Crippen LogP contribution is 2.18. The number of aliphatic hydroxyl groups excluding tert-OH is 1. The summed E-state index contributed by atoms with van der Waals surface area (Å²) in [6, 6.07) is 4.86. The molecule has 1 fully saturated rings. The summed E-state index contributed by atoms with van der Waals surface area (Å²) in [4.78, 5) is 2.08. The minimum atomic E-state index is -0.226. The molecule has 0 atom stereocenters. The summed E-state index contributed by atoms with van der Waals surface area (Å²) in [6.45, 7) is 2.08. The summed E-state index contributed by atoms with van der Waals surface area (Å²) in [5.41, 5.74) is 0.934. The lowest BCUT2D eigenvalue weighted by atomic mass is 10.1. The van der Waals surface area contributed by atoms with E-state index >= 15 is 0 Å². The van der Waals surface area contributed by atoms with Gasteiger partial charge in [-0.3, -0.25) is 4.90 Å². The fourth-order valence-corrected chi connectivity index (χ4v) is 2.14. The van der Waals surface area contributed by atoms with Crippen molar-refractivity contribution in [3.8, 4) is 0 Å². The summed E-state index contributed by atoms with van der Waals surface area (Å²) < 4.78 is 13.7. The van der Waals surface area contributed by atoms with E-state index in [-0.39, 0.29) is 11.9 Å². The van der Waals surface area contributed by atoms with Gasteiger partial charge in [-0.2, -0.15) is 0 Å². The molecule has 0 saturated carbocycles. The number of nitrogens with zero attached hydrogens (tertiary/aromatic N) is 1. The Bertz CT molecular complexity index is 319. The first-order valence-corrected chi connectivity index (χ1v) is 5.28. The first kappa shape index (κ1) is 10.1. The minimum absolute atomic E-state index is 0.202. The monoisotopic (exact) mass is 259 g/mol.